The summed E-state index contributed by atoms with van der Waals surface area (Å²) in [4.78, 5) is 0. The summed E-state index contributed by atoms with van der Waals surface area (Å²) in [5.74, 6) is 4.35. The summed E-state index contributed by atoms with van der Waals surface area (Å²) in [5, 5.41) is 2.89. The Kier molecular flexibility index (Phi) is 32.2. The zero-order valence-corrected chi connectivity index (χ0v) is 34.2. The van der Waals surface area contributed by atoms with Crippen molar-refractivity contribution in [2.24, 2.45) is 35.5 Å². The van der Waals surface area contributed by atoms with Gasteiger partial charge in [0.05, 0.1) is 0 Å². The van der Waals surface area contributed by atoms with Crippen molar-refractivity contribution in [1.29, 1.82) is 0 Å². The van der Waals surface area contributed by atoms with Crippen molar-refractivity contribution in [2.45, 2.75) is 93.1 Å². The zero-order chi connectivity index (χ0) is 32.8. The molecule has 1 aromatic carbocycles. The number of hydrogen-bond donors (Lipinski definition) is 0. The first-order valence-corrected chi connectivity index (χ1v) is 18.5. The molecule has 0 amide bonds. The van der Waals surface area contributed by atoms with E-state index in [1.165, 1.54) is 12.1 Å². The zero-order valence-electron chi connectivity index (χ0n) is 28.2. The quantitative estimate of drug-likeness (QED) is 0.108. The van der Waals surface area contributed by atoms with Gasteiger partial charge in [0.1, 0.15) is 0 Å². The van der Waals surface area contributed by atoms with Crippen LogP contribution in [0.3, 0.4) is 0 Å². The van der Waals surface area contributed by atoms with E-state index in [1.807, 2.05) is 0 Å². The Morgan fingerprint density at radius 2 is 0.667 bits per heavy atom. The van der Waals surface area contributed by atoms with Gasteiger partial charge in [0.15, 0.2) is 0 Å². The third-order valence-corrected chi connectivity index (χ3v) is 9.60. The van der Waals surface area contributed by atoms with E-state index in [-0.39, 0.29) is 25.8 Å². The predicted octanol–water partition coefficient (Wildman–Crippen LogP) is 10.1. The van der Waals surface area contributed by atoms with Crippen molar-refractivity contribution >= 4 is 18.7 Å². The molecule has 11 heteroatoms. The van der Waals surface area contributed by atoms with E-state index in [1.54, 1.807) is 0 Å². The second-order valence-corrected chi connectivity index (χ2v) is 18.8. The number of nitrogens with zero attached hydrogens (tertiary/aromatic N) is 3. The van der Waals surface area contributed by atoms with Crippen LogP contribution in [0.15, 0.2) is 24.3 Å². The first-order chi connectivity index (χ1) is 18.6. The van der Waals surface area contributed by atoms with Crippen LogP contribution < -0.4 is 4.40 Å². The minimum Gasteiger partial charge on any atom is 4.00 e. The molecule has 248 valence electrons. The molecule has 0 atom stereocenters. The molecule has 42 heavy (non-hydrogen) atoms. The Hall–Kier alpha value is 0.223. The van der Waals surface area contributed by atoms with Crippen molar-refractivity contribution in [3.63, 3.8) is 0 Å². The molecule has 0 aliphatic rings. The molecular formula is C31H59F6GeHfN3. The monoisotopic (exact) mass is 841 g/mol. The van der Waals surface area contributed by atoms with Gasteiger partial charge in [-0.1, -0.05) is 119 Å². The summed E-state index contributed by atoms with van der Waals surface area (Å²) in [6.07, 6.45) is 0. The van der Waals surface area contributed by atoms with Crippen LogP contribution in [-0.4, -0.2) is 63.6 Å². The molecule has 0 N–H and O–H groups in total. The predicted molar refractivity (Wildman–Crippen MR) is 169 cm³/mol. The van der Waals surface area contributed by atoms with Crippen LogP contribution in [0.2, 0.25) is 0 Å². The molecule has 0 aliphatic carbocycles. The molecule has 0 fully saturated rings. The summed E-state index contributed by atoms with van der Waals surface area (Å²) < 4.78 is 72.3. The fourth-order valence-electron chi connectivity index (χ4n) is 2.92. The Balaban J connectivity index is -0.000000233. The van der Waals surface area contributed by atoms with Gasteiger partial charge < -0.3 is 16.0 Å². The molecule has 0 bridgehead atoms. The standard InChI is InChI=1S/3C8H18N.C7H5F6Ge.Hf/c3*1-7(2)5-9-6-8(3)4;8-6(9,10)14(7(11,12)13)5-3-1-2-4-5;/h3*7-8H,5-6H2,1-4H3;1-4,14H;/q4*-1;+4. The van der Waals surface area contributed by atoms with Gasteiger partial charge in [-0.25, -0.2) is 0 Å². The van der Waals surface area contributed by atoms with E-state index in [2.05, 4.69) is 99.0 Å². The molecule has 0 saturated carbocycles. The fourth-order valence-corrected chi connectivity index (χ4v) is 6.56. The van der Waals surface area contributed by atoms with E-state index in [9.17, 15) is 26.3 Å². The Labute approximate surface area is 277 Å². The fraction of sp³-hybridized carbons (Fsp3) is 0.839. The van der Waals surface area contributed by atoms with Crippen molar-refractivity contribution in [1.82, 2.24) is 0 Å². The van der Waals surface area contributed by atoms with E-state index in [4.69, 9.17) is 0 Å². The van der Waals surface area contributed by atoms with E-state index >= 15 is 0 Å². The van der Waals surface area contributed by atoms with Crippen LogP contribution in [0.1, 0.15) is 83.1 Å². The van der Waals surface area contributed by atoms with Crippen LogP contribution in [0.4, 0.5) is 26.3 Å². The first-order valence-electron chi connectivity index (χ1n) is 14.9. The third kappa shape index (κ3) is 36.4. The first kappa shape index (κ1) is 49.1. The van der Waals surface area contributed by atoms with Crippen molar-refractivity contribution in [3.8, 4) is 0 Å². The van der Waals surface area contributed by atoms with Gasteiger partial charge in [-0.05, 0) is 0 Å². The third-order valence-electron chi connectivity index (χ3n) is 4.64. The second kappa shape index (κ2) is 27.5. The molecule has 0 aromatic heterocycles. The number of alkyl halides is 6. The van der Waals surface area contributed by atoms with Crippen molar-refractivity contribution in [3.05, 3.63) is 40.2 Å². The van der Waals surface area contributed by atoms with Crippen LogP contribution in [-0.2, 0) is 25.8 Å². The van der Waals surface area contributed by atoms with E-state index in [0.717, 1.165) is 86.9 Å². The average Bonchev–Trinajstić information content (AvgIpc) is 3.25. The van der Waals surface area contributed by atoms with Crippen molar-refractivity contribution < 1.29 is 52.2 Å². The molecule has 0 heterocycles. The minimum absolute atomic E-state index is 0. The molecule has 0 saturated heterocycles. The SMILES string of the molecule is CC(C)C[N-]CC(C)C.CC(C)C[N-]CC(C)C.CC(C)C[N-]CC(C)C.F[C](F)(F)[GeH]([c-]1cccc1)[C](F)(F)F.[Hf+4]. The normalized spacial score (nSPS) is 11.8. The van der Waals surface area contributed by atoms with Crippen LogP contribution in [0.5, 0.6) is 0 Å². The van der Waals surface area contributed by atoms with Gasteiger partial charge >= 0.3 is 105 Å². The Morgan fingerprint density at radius 3 is 0.810 bits per heavy atom. The summed E-state index contributed by atoms with van der Waals surface area (Å²) in [6.45, 7) is 32.5. The average molecular weight is 839 g/mol. The Morgan fingerprint density at radius 1 is 0.476 bits per heavy atom. The van der Waals surface area contributed by atoms with Gasteiger partial charge in [0.2, 0.25) is 0 Å². The molecular weight excluding hydrogens is 779 g/mol. The maximum absolute atomic E-state index is 12.1. The topological polar surface area (TPSA) is 42.3 Å². The largest absolute Gasteiger partial charge is 4.00 e. The maximum atomic E-state index is 12.1. The van der Waals surface area contributed by atoms with Gasteiger partial charge in [-0.15, -0.1) is 39.3 Å². The van der Waals surface area contributed by atoms with Gasteiger partial charge in [0, 0.05) is 0 Å². The number of hydrogen-bond acceptors (Lipinski definition) is 0. The summed E-state index contributed by atoms with van der Waals surface area (Å²) >= 11 is -5.46. The molecule has 3 nitrogen and oxygen atoms in total. The Bertz CT molecular complexity index is 596. The van der Waals surface area contributed by atoms with Crippen LogP contribution in [0.25, 0.3) is 16.0 Å². The maximum Gasteiger partial charge on any atom is 4.00 e. The molecule has 0 aliphatic heterocycles. The molecule has 1 aromatic rings. The summed E-state index contributed by atoms with van der Waals surface area (Å²) in [5.41, 5.74) is 0. The van der Waals surface area contributed by atoms with Crippen molar-refractivity contribution in [2.75, 3.05) is 39.3 Å². The molecule has 0 spiro atoms. The number of rotatable bonds is 13. The smallest absolute Gasteiger partial charge is 4.00 e. The molecule has 1 rings (SSSR count). The number of halogens is 6. The van der Waals surface area contributed by atoms with Crippen LogP contribution >= 0.6 is 0 Å². The van der Waals surface area contributed by atoms with Gasteiger partial charge in [0.25, 0.3) is 0 Å². The molecule has 0 radical (unpaired) electrons. The van der Waals surface area contributed by atoms with Gasteiger partial charge in [-0.2, -0.15) is 0 Å². The van der Waals surface area contributed by atoms with E-state index in [0.29, 0.717) is 0 Å². The minimum atomic E-state index is -5.46. The second-order valence-electron chi connectivity index (χ2n) is 12.9. The van der Waals surface area contributed by atoms with Crippen LogP contribution in [0, 0.1) is 35.5 Å². The summed E-state index contributed by atoms with van der Waals surface area (Å²) in [7, 11) is 0. The summed E-state index contributed by atoms with van der Waals surface area (Å²) in [6, 6.07) is 4.16. The molecule has 0 unspecified atom stereocenters. The van der Waals surface area contributed by atoms with E-state index < -0.39 is 28.8 Å². The van der Waals surface area contributed by atoms with Gasteiger partial charge in [-0.3, -0.25) is 0 Å².